The minimum absolute atomic E-state index is 0.133. The van der Waals surface area contributed by atoms with E-state index in [4.69, 9.17) is 0 Å². The summed E-state index contributed by atoms with van der Waals surface area (Å²) in [7, 11) is 0. The molecule has 0 heterocycles. The van der Waals surface area contributed by atoms with Crippen molar-refractivity contribution >= 4 is 11.6 Å². The van der Waals surface area contributed by atoms with Crippen LogP contribution in [-0.2, 0) is 0 Å². The third kappa shape index (κ3) is 3.81. The van der Waals surface area contributed by atoms with Gasteiger partial charge >= 0.3 is 0 Å². The lowest BCUT2D eigenvalue weighted by Gasteiger charge is -2.22. The number of phenols is 1. The van der Waals surface area contributed by atoms with Gasteiger partial charge in [0.1, 0.15) is 5.75 Å². The molecule has 110 valence electrons. The molecule has 0 saturated heterocycles. The molecule has 1 aliphatic rings. The standard InChI is InChI=1S/C17H20N2O2/c1-11(2)14-5-4-12(3)16(10-14)18-19-17(21)13-6-8-15(20)9-7-13/h4,6-9,14,20H,1,5,10H2,2-3H3,(H,19,21)/t14-/m1/s1. The number of hydrogen-bond acceptors (Lipinski definition) is 3. The maximum Gasteiger partial charge on any atom is 0.271 e. The van der Waals surface area contributed by atoms with E-state index in [9.17, 15) is 9.90 Å². The van der Waals surface area contributed by atoms with E-state index >= 15 is 0 Å². The summed E-state index contributed by atoms with van der Waals surface area (Å²) in [6.07, 6.45) is 3.91. The zero-order valence-corrected chi connectivity index (χ0v) is 12.4. The minimum atomic E-state index is -0.284. The normalized spacial score (nSPS) is 20.0. The summed E-state index contributed by atoms with van der Waals surface area (Å²) in [5.74, 6) is 0.235. The van der Waals surface area contributed by atoms with Crippen LogP contribution < -0.4 is 5.43 Å². The number of nitrogens with zero attached hydrogens (tertiary/aromatic N) is 1. The number of hydrazone groups is 1. The maximum absolute atomic E-state index is 12.0. The molecule has 0 spiro atoms. The van der Waals surface area contributed by atoms with Crippen LogP contribution in [-0.4, -0.2) is 16.7 Å². The number of carbonyl (C=O) groups excluding carboxylic acids is 1. The largest absolute Gasteiger partial charge is 0.508 e. The van der Waals surface area contributed by atoms with E-state index in [-0.39, 0.29) is 11.7 Å². The van der Waals surface area contributed by atoms with Crippen molar-refractivity contribution in [3.63, 3.8) is 0 Å². The predicted molar refractivity (Wildman–Crippen MR) is 84.3 cm³/mol. The second-order valence-corrected chi connectivity index (χ2v) is 5.42. The molecule has 4 heteroatoms. The highest BCUT2D eigenvalue weighted by Crippen LogP contribution is 2.26. The van der Waals surface area contributed by atoms with Gasteiger partial charge in [-0.3, -0.25) is 4.79 Å². The van der Waals surface area contributed by atoms with Gasteiger partial charge in [-0.1, -0.05) is 18.2 Å². The Morgan fingerprint density at radius 2 is 2.05 bits per heavy atom. The molecule has 1 aromatic carbocycles. The van der Waals surface area contributed by atoms with E-state index in [1.165, 1.54) is 12.1 Å². The Bertz CT molecular complexity index is 612. The third-order valence-electron chi connectivity index (χ3n) is 3.72. The number of aromatic hydroxyl groups is 1. The monoisotopic (exact) mass is 284 g/mol. The van der Waals surface area contributed by atoms with Crippen LogP contribution in [0.4, 0.5) is 0 Å². The lowest BCUT2D eigenvalue weighted by Crippen LogP contribution is -2.23. The molecule has 0 fully saturated rings. The Hall–Kier alpha value is -2.36. The van der Waals surface area contributed by atoms with Gasteiger partial charge in [0.15, 0.2) is 0 Å². The van der Waals surface area contributed by atoms with Crippen molar-refractivity contribution in [2.75, 3.05) is 0 Å². The van der Waals surface area contributed by atoms with Gasteiger partial charge in [-0.05, 0) is 62.4 Å². The van der Waals surface area contributed by atoms with Crippen LogP contribution in [0.1, 0.15) is 37.0 Å². The summed E-state index contributed by atoms with van der Waals surface area (Å²) in [4.78, 5) is 12.0. The fourth-order valence-corrected chi connectivity index (χ4v) is 2.22. The van der Waals surface area contributed by atoms with Crippen molar-refractivity contribution in [1.29, 1.82) is 0 Å². The molecule has 21 heavy (non-hydrogen) atoms. The molecule has 1 aliphatic carbocycles. The van der Waals surface area contributed by atoms with Crippen LogP contribution in [0.5, 0.6) is 5.75 Å². The summed E-state index contributed by atoms with van der Waals surface area (Å²) >= 11 is 0. The van der Waals surface area contributed by atoms with E-state index in [1.807, 2.05) is 13.8 Å². The third-order valence-corrected chi connectivity index (χ3v) is 3.72. The zero-order chi connectivity index (χ0) is 15.4. The molecule has 0 aliphatic heterocycles. The van der Waals surface area contributed by atoms with Gasteiger partial charge < -0.3 is 5.11 Å². The molecule has 1 amide bonds. The lowest BCUT2D eigenvalue weighted by atomic mass is 9.85. The summed E-state index contributed by atoms with van der Waals surface area (Å²) in [6, 6.07) is 6.08. The summed E-state index contributed by atoms with van der Waals surface area (Å²) in [5.41, 5.74) is 6.16. The fourth-order valence-electron chi connectivity index (χ4n) is 2.22. The summed E-state index contributed by atoms with van der Waals surface area (Å²) < 4.78 is 0. The van der Waals surface area contributed by atoms with E-state index in [1.54, 1.807) is 12.1 Å². The average Bonchev–Trinajstić information content (AvgIpc) is 2.46. The molecular weight excluding hydrogens is 264 g/mol. The van der Waals surface area contributed by atoms with Crippen molar-refractivity contribution in [3.8, 4) is 5.75 Å². The predicted octanol–water partition coefficient (Wildman–Crippen LogP) is 3.41. The van der Waals surface area contributed by atoms with Crippen molar-refractivity contribution in [3.05, 3.63) is 53.6 Å². The number of nitrogens with one attached hydrogen (secondary N) is 1. The molecule has 0 saturated carbocycles. The van der Waals surface area contributed by atoms with Crippen molar-refractivity contribution < 1.29 is 9.90 Å². The van der Waals surface area contributed by atoms with Crippen LogP contribution in [0.25, 0.3) is 0 Å². The molecule has 1 aromatic rings. The Kier molecular flexibility index (Phi) is 4.58. The van der Waals surface area contributed by atoms with Crippen molar-refractivity contribution in [1.82, 2.24) is 5.43 Å². The first kappa shape index (κ1) is 15.0. The van der Waals surface area contributed by atoms with E-state index in [2.05, 4.69) is 23.2 Å². The van der Waals surface area contributed by atoms with Gasteiger partial charge in [0.05, 0.1) is 5.71 Å². The van der Waals surface area contributed by atoms with Gasteiger partial charge in [-0.25, -0.2) is 5.43 Å². The average molecular weight is 284 g/mol. The van der Waals surface area contributed by atoms with Crippen LogP contribution in [0.3, 0.4) is 0 Å². The molecule has 2 N–H and O–H groups in total. The van der Waals surface area contributed by atoms with Crippen LogP contribution >= 0.6 is 0 Å². The minimum Gasteiger partial charge on any atom is -0.508 e. The Labute approximate surface area is 124 Å². The second kappa shape index (κ2) is 6.39. The Morgan fingerprint density at radius 3 is 2.67 bits per heavy atom. The first-order valence-electron chi connectivity index (χ1n) is 6.96. The number of rotatable bonds is 3. The molecular formula is C17H20N2O2. The highest BCUT2D eigenvalue weighted by molar-refractivity contribution is 6.02. The summed E-state index contributed by atoms with van der Waals surface area (Å²) in [5, 5.41) is 13.5. The van der Waals surface area contributed by atoms with Crippen LogP contribution in [0.15, 0.2) is 53.2 Å². The maximum atomic E-state index is 12.0. The zero-order valence-electron chi connectivity index (χ0n) is 12.4. The van der Waals surface area contributed by atoms with Crippen molar-refractivity contribution in [2.24, 2.45) is 11.0 Å². The van der Waals surface area contributed by atoms with Gasteiger partial charge in [-0.2, -0.15) is 5.10 Å². The molecule has 2 rings (SSSR count). The second-order valence-electron chi connectivity index (χ2n) is 5.42. The van der Waals surface area contributed by atoms with E-state index in [0.29, 0.717) is 11.5 Å². The molecule has 1 atom stereocenters. The number of amides is 1. The highest BCUT2D eigenvalue weighted by Gasteiger charge is 2.18. The molecule has 0 bridgehead atoms. The number of carbonyl (C=O) groups is 1. The van der Waals surface area contributed by atoms with Crippen LogP contribution in [0.2, 0.25) is 0 Å². The number of hydrogen-bond donors (Lipinski definition) is 2. The van der Waals surface area contributed by atoms with E-state index in [0.717, 1.165) is 29.7 Å². The molecule has 0 aromatic heterocycles. The van der Waals surface area contributed by atoms with Gasteiger partial charge in [0, 0.05) is 5.56 Å². The molecule has 0 radical (unpaired) electrons. The summed E-state index contributed by atoms with van der Waals surface area (Å²) in [6.45, 7) is 8.01. The fraction of sp³-hybridized carbons (Fsp3) is 0.294. The quantitative estimate of drug-likeness (QED) is 0.660. The van der Waals surface area contributed by atoms with E-state index < -0.39 is 0 Å². The highest BCUT2D eigenvalue weighted by atomic mass is 16.3. The first-order valence-corrected chi connectivity index (χ1v) is 6.96. The Balaban J connectivity index is 2.07. The Morgan fingerprint density at radius 1 is 1.38 bits per heavy atom. The first-order chi connectivity index (χ1) is 9.97. The SMILES string of the molecule is C=C(C)[C@@H]1CC=C(C)C(=NNC(=O)c2ccc(O)cc2)C1. The van der Waals surface area contributed by atoms with Gasteiger partial charge in [0.2, 0.25) is 0 Å². The molecule has 0 unspecified atom stereocenters. The van der Waals surface area contributed by atoms with Gasteiger partial charge in [-0.15, -0.1) is 0 Å². The van der Waals surface area contributed by atoms with Gasteiger partial charge in [0.25, 0.3) is 5.91 Å². The topological polar surface area (TPSA) is 61.7 Å². The number of benzene rings is 1. The molecule has 4 nitrogen and oxygen atoms in total. The number of allylic oxidation sites excluding steroid dienone is 3. The number of phenolic OH excluding ortho intramolecular Hbond substituents is 1. The van der Waals surface area contributed by atoms with Crippen LogP contribution in [0, 0.1) is 5.92 Å². The smallest absolute Gasteiger partial charge is 0.271 e. The lowest BCUT2D eigenvalue weighted by molar-refractivity contribution is 0.0954. The van der Waals surface area contributed by atoms with Crippen molar-refractivity contribution in [2.45, 2.75) is 26.7 Å².